The Balaban J connectivity index is 1.53. The number of likely N-dealkylation sites (tertiary alicyclic amines) is 2. The Morgan fingerprint density at radius 1 is 1.38 bits per heavy atom. The molecule has 2 aliphatic heterocycles. The normalized spacial score (nSPS) is 19.5. The summed E-state index contributed by atoms with van der Waals surface area (Å²) in [7, 11) is 1.69. The fourth-order valence-electron chi connectivity index (χ4n) is 4.00. The summed E-state index contributed by atoms with van der Waals surface area (Å²) in [4.78, 5) is 33.4. The molecule has 0 aromatic carbocycles. The van der Waals surface area contributed by atoms with Gasteiger partial charge in [-0.3, -0.25) is 9.59 Å². The fourth-order valence-corrected chi connectivity index (χ4v) is 4.88. The third-order valence-corrected chi connectivity index (χ3v) is 6.44. The number of thiazole rings is 1. The van der Waals surface area contributed by atoms with Gasteiger partial charge >= 0.3 is 0 Å². The van der Waals surface area contributed by atoms with Gasteiger partial charge in [0.05, 0.1) is 5.01 Å². The lowest BCUT2D eigenvalue weighted by Gasteiger charge is -2.38. The molecule has 3 rings (SSSR count). The summed E-state index contributed by atoms with van der Waals surface area (Å²) in [6.45, 7) is 5.85. The summed E-state index contributed by atoms with van der Waals surface area (Å²) in [6, 6.07) is 0. The molecule has 2 aliphatic rings. The van der Waals surface area contributed by atoms with Gasteiger partial charge in [-0.2, -0.15) is 0 Å². The first-order chi connectivity index (χ1) is 12.6. The quantitative estimate of drug-likeness (QED) is 0.683. The van der Waals surface area contributed by atoms with Gasteiger partial charge in [-0.25, -0.2) is 4.98 Å². The fraction of sp³-hybridized carbons (Fsp3) is 0.737. The van der Waals surface area contributed by atoms with Crippen LogP contribution in [0.25, 0.3) is 0 Å². The van der Waals surface area contributed by atoms with Crippen LogP contribution in [-0.2, 0) is 16.0 Å². The Bertz CT molecular complexity index is 638. The second-order valence-corrected chi connectivity index (χ2v) is 8.45. The smallest absolute Gasteiger partial charge is 0.273 e. The summed E-state index contributed by atoms with van der Waals surface area (Å²) in [5.41, 5.74) is 0.634. The summed E-state index contributed by atoms with van der Waals surface area (Å²) >= 11 is 1.58. The Kier molecular flexibility index (Phi) is 6.29. The van der Waals surface area contributed by atoms with E-state index in [1.807, 2.05) is 15.2 Å². The minimum atomic E-state index is 0.0414. The number of amides is 2. The van der Waals surface area contributed by atoms with Crippen LogP contribution in [0.1, 0.15) is 54.5 Å². The molecule has 26 heavy (non-hydrogen) atoms. The van der Waals surface area contributed by atoms with Crippen LogP contribution < -0.4 is 0 Å². The van der Waals surface area contributed by atoms with Crippen molar-refractivity contribution in [2.24, 2.45) is 5.41 Å². The zero-order valence-electron chi connectivity index (χ0n) is 15.8. The van der Waals surface area contributed by atoms with Crippen molar-refractivity contribution in [3.05, 3.63) is 16.1 Å². The summed E-state index contributed by atoms with van der Waals surface area (Å²) < 4.78 is 5.09. The van der Waals surface area contributed by atoms with Crippen LogP contribution in [0.2, 0.25) is 0 Å². The van der Waals surface area contributed by atoms with Crippen LogP contribution in [0, 0.1) is 5.41 Å². The first-order valence-corrected chi connectivity index (χ1v) is 10.5. The van der Waals surface area contributed by atoms with E-state index in [1.165, 1.54) is 0 Å². The lowest BCUT2D eigenvalue weighted by Crippen LogP contribution is -2.44. The highest BCUT2D eigenvalue weighted by molar-refractivity contribution is 7.09. The lowest BCUT2D eigenvalue weighted by atomic mass is 9.77. The van der Waals surface area contributed by atoms with Crippen LogP contribution in [0.5, 0.6) is 0 Å². The molecule has 0 aliphatic carbocycles. The van der Waals surface area contributed by atoms with Crippen LogP contribution in [0.3, 0.4) is 0 Å². The van der Waals surface area contributed by atoms with E-state index in [2.05, 4.69) is 11.9 Å². The van der Waals surface area contributed by atoms with Crippen LogP contribution in [-0.4, -0.2) is 66.5 Å². The first-order valence-electron chi connectivity index (χ1n) is 9.57. The summed E-state index contributed by atoms with van der Waals surface area (Å²) in [5, 5.41) is 2.92. The maximum atomic E-state index is 12.7. The molecule has 1 aromatic heterocycles. The Morgan fingerprint density at radius 3 is 2.85 bits per heavy atom. The molecule has 3 heterocycles. The highest BCUT2D eigenvalue weighted by Crippen LogP contribution is 2.41. The molecule has 0 radical (unpaired) electrons. The van der Waals surface area contributed by atoms with Gasteiger partial charge in [-0.05, 0) is 32.1 Å². The molecule has 1 aromatic rings. The average Bonchev–Trinajstić information content (AvgIpc) is 3.21. The molecule has 0 saturated carbocycles. The number of hydrogen-bond acceptors (Lipinski definition) is 5. The maximum Gasteiger partial charge on any atom is 0.273 e. The standard InChI is InChI=1S/C19H29N3O3S/c1-3-5-16-20-15(13-26-16)18(24)21-9-6-19(7-10-21)12-17(23)22(14-19)8-4-11-25-2/h13H,3-12,14H2,1-2H3. The first kappa shape index (κ1) is 19.3. The van der Waals surface area contributed by atoms with E-state index >= 15 is 0 Å². The van der Waals surface area contributed by atoms with E-state index in [0.29, 0.717) is 18.7 Å². The predicted octanol–water partition coefficient (Wildman–Crippen LogP) is 2.59. The third kappa shape index (κ3) is 4.26. The van der Waals surface area contributed by atoms with E-state index in [4.69, 9.17) is 4.74 Å². The average molecular weight is 380 g/mol. The Hall–Kier alpha value is -1.47. The number of nitrogens with zero attached hydrogens (tertiary/aromatic N) is 3. The number of carbonyl (C=O) groups is 2. The molecular weight excluding hydrogens is 350 g/mol. The largest absolute Gasteiger partial charge is 0.385 e. The van der Waals surface area contributed by atoms with Gasteiger partial charge in [0.25, 0.3) is 5.91 Å². The third-order valence-electron chi connectivity index (χ3n) is 5.53. The lowest BCUT2D eigenvalue weighted by molar-refractivity contribution is -0.128. The van der Waals surface area contributed by atoms with Crippen molar-refractivity contribution in [3.63, 3.8) is 0 Å². The van der Waals surface area contributed by atoms with Gasteiger partial charge in [-0.15, -0.1) is 11.3 Å². The Morgan fingerprint density at radius 2 is 2.15 bits per heavy atom. The van der Waals surface area contributed by atoms with E-state index < -0.39 is 0 Å². The topological polar surface area (TPSA) is 62.7 Å². The van der Waals surface area contributed by atoms with E-state index in [1.54, 1.807) is 18.4 Å². The van der Waals surface area contributed by atoms with Crippen LogP contribution in [0.4, 0.5) is 0 Å². The summed E-state index contributed by atoms with van der Waals surface area (Å²) in [6.07, 6.45) is 5.28. The summed E-state index contributed by atoms with van der Waals surface area (Å²) in [5.74, 6) is 0.296. The monoisotopic (exact) mass is 379 g/mol. The molecule has 2 amide bonds. The van der Waals surface area contributed by atoms with Gasteiger partial charge in [0.2, 0.25) is 5.91 Å². The predicted molar refractivity (Wildman–Crippen MR) is 101 cm³/mol. The van der Waals surface area contributed by atoms with Crippen molar-refractivity contribution in [1.82, 2.24) is 14.8 Å². The van der Waals surface area contributed by atoms with Crippen molar-refractivity contribution >= 4 is 23.2 Å². The number of aromatic nitrogens is 1. The van der Waals surface area contributed by atoms with Crippen molar-refractivity contribution in [3.8, 4) is 0 Å². The molecule has 0 unspecified atom stereocenters. The van der Waals surface area contributed by atoms with Gasteiger partial charge in [0.1, 0.15) is 5.69 Å². The number of hydrogen-bond donors (Lipinski definition) is 0. The maximum absolute atomic E-state index is 12.7. The van der Waals surface area contributed by atoms with E-state index in [9.17, 15) is 9.59 Å². The van der Waals surface area contributed by atoms with E-state index in [0.717, 1.165) is 63.3 Å². The number of piperidine rings is 1. The molecular formula is C19H29N3O3S. The molecule has 2 fully saturated rings. The highest BCUT2D eigenvalue weighted by atomic mass is 32.1. The second kappa shape index (κ2) is 8.48. The molecule has 0 atom stereocenters. The molecule has 2 saturated heterocycles. The minimum Gasteiger partial charge on any atom is -0.385 e. The molecule has 1 spiro atoms. The molecule has 6 nitrogen and oxygen atoms in total. The van der Waals surface area contributed by atoms with Crippen molar-refractivity contribution in [1.29, 1.82) is 0 Å². The molecule has 0 N–H and O–H groups in total. The Labute approximate surface area is 159 Å². The van der Waals surface area contributed by atoms with Crippen LogP contribution >= 0.6 is 11.3 Å². The van der Waals surface area contributed by atoms with Gasteiger partial charge in [-0.1, -0.05) is 6.92 Å². The zero-order chi connectivity index (χ0) is 18.6. The number of aryl methyl sites for hydroxylation is 1. The number of rotatable bonds is 7. The van der Waals surface area contributed by atoms with Crippen molar-refractivity contribution in [2.45, 2.75) is 45.4 Å². The van der Waals surface area contributed by atoms with Crippen molar-refractivity contribution < 1.29 is 14.3 Å². The van der Waals surface area contributed by atoms with Crippen LogP contribution in [0.15, 0.2) is 5.38 Å². The van der Waals surface area contributed by atoms with Crippen molar-refractivity contribution in [2.75, 3.05) is 39.9 Å². The second-order valence-electron chi connectivity index (χ2n) is 7.51. The van der Waals surface area contributed by atoms with Gasteiger partial charge in [0.15, 0.2) is 0 Å². The number of methoxy groups -OCH3 is 1. The SMILES string of the molecule is CCCc1nc(C(=O)N2CCC3(CC2)CC(=O)N(CCCOC)C3)cs1. The van der Waals surface area contributed by atoms with Gasteiger partial charge < -0.3 is 14.5 Å². The number of carbonyl (C=O) groups excluding carboxylic acids is 2. The van der Waals surface area contributed by atoms with E-state index in [-0.39, 0.29) is 17.2 Å². The molecule has 0 bridgehead atoms. The molecule has 144 valence electrons. The number of ether oxygens (including phenoxy) is 1. The highest BCUT2D eigenvalue weighted by Gasteiger charge is 2.45. The molecule has 7 heteroatoms. The van der Waals surface area contributed by atoms with Gasteiger partial charge in [0, 0.05) is 57.1 Å². The zero-order valence-corrected chi connectivity index (χ0v) is 16.6. The minimum absolute atomic E-state index is 0.0414.